The van der Waals surface area contributed by atoms with Gasteiger partial charge in [-0.15, -0.1) is 0 Å². The van der Waals surface area contributed by atoms with Gasteiger partial charge in [-0.3, -0.25) is 0 Å². The Morgan fingerprint density at radius 3 is 2.56 bits per heavy atom. The standard InChI is InChI=1S/C14H21NO/c1-2-9-15-10-14(16)13-7-5-12(6-8-13)11-3-4-11/h5-8,11,14-16H,2-4,9-10H2,1H3. The molecule has 0 bridgehead atoms. The summed E-state index contributed by atoms with van der Waals surface area (Å²) in [7, 11) is 0. The summed E-state index contributed by atoms with van der Waals surface area (Å²) in [5.41, 5.74) is 2.45. The zero-order valence-electron chi connectivity index (χ0n) is 9.95. The maximum absolute atomic E-state index is 9.93. The molecule has 1 atom stereocenters. The van der Waals surface area contributed by atoms with Crippen LogP contribution in [0.4, 0.5) is 0 Å². The Morgan fingerprint density at radius 1 is 1.31 bits per heavy atom. The van der Waals surface area contributed by atoms with Crippen molar-refractivity contribution in [3.63, 3.8) is 0 Å². The number of hydrogen-bond donors (Lipinski definition) is 2. The van der Waals surface area contributed by atoms with Crippen LogP contribution in [-0.2, 0) is 0 Å². The molecule has 2 heteroatoms. The maximum Gasteiger partial charge on any atom is 0.0914 e. The quantitative estimate of drug-likeness (QED) is 0.721. The smallest absolute Gasteiger partial charge is 0.0914 e. The summed E-state index contributed by atoms with van der Waals surface area (Å²) in [4.78, 5) is 0. The molecule has 0 amide bonds. The van der Waals surface area contributed by atoms with E-state index in [0.29, 0.717) is 6.54 Å². The van der Waals surface area contributed by atoms with Gasteiger partial charge < -0.3 is 10.4 Å². The highest BCUT2D eigenvalue weighted by molar-refractivity contribution is 5.29. The minimum absolute atomic E-state index is 0.375. The van der Waals surface area contributed by atoms with Crippen molar-refractivity contribution in [2.75, 3.05) is 13.1 Å². The SMILES string of the molecule is CCCNCC(O)c1ccc(C2CC2)cc1. The molecule has 0 radical (unpaired) electrons. The van der Waals surface area contributed by atoms with E-state index in [-0.39, 0.29) is 6.10 Å². The van der Waals surface area contributed by atoms with Crippen LogP contribution in [0.5, 0.6) is 0 Å². The number of aliphatic hydroxyl groups excluding tert-OH is 1. The van der Waals surface area contributed by atoms with Gasteiger partial charge in [0.1, 0.15) is 0 Å². The Hall–Kier alpha value is -0.860. The minimum atomic E-state index is -0.375. The van der Waals surface area contributed by atoms with E-state index in [1.54, 1.807) is 0 Å². The third-order valence-electron chi connectivity index (χ3n) is 3.13. The lowest BCUT2D eigenvalue weighted by Gasteiger charge is -2.12. The Labute approximate surface area is 97.7 Å². The largest absolute Gasteiger partial charge is 0.387 e. The van der Waals surface area contributed by atoms with Crippen LogP contribution in [0.25, 0.3) is 0 Å². The molecule has 0 heterocycles. The normalized spacial score (nSPS) is 17.4. The first-order valence-corrected chi connectivity index (χ1v) is 6.30. The molecule has 0 spiro atoms. The molecule has 0 aliphatic heterocycles. The van der Waals surface area contributed by atoms with E-state index in [2.05, 4.69) is 36.5 Å². The van der Waals surface area contributed by atoms with Crippen LogP contribution in [0.2, 0.25) is 0 Å². The number of benzene rings is 1. The molecule has 16 heavy (non-hydrogen) atoms. The monoisotopic (exact) mass is 219 g/mol. The molecule has 1 aliphatic carbocycles. The third kappa shape index (κ3) is 3.06. The molecular formula is C14H21NO. The second-order valence-corrected chi connectivity index (χ2v) is 4.66. The fourth-order valence-electron chi connectivity index (χ4n) is 1.94. The summed E-state index contributed by atoms with van der Waals surface area (Å²) in [6.07, 6.45) is 3.40. The molecule has 1 aromatic carbocycles. The van der Waals surface area contributed by atoms with Gasteiger partial charge >= 0.3 is 0 Å². The fourth-order valence-corrected chi connectivity index (χ4v) is 1.94. The number of rotatable bonds is 6. The zero-order chi connectivity index (χ0) is 11.4. The highest BCUT2D eigenvalue weighted by atomic mass is 16.3. The predicted molar refractivity (Wildman–Crippen MR) is 66.5 cm³/mol. The molecule has 1 saturated carbocycles. The lowest BCUT2D eigenvalue weighted by molar-refractivity contribution is 0.175. The van der Waals surface area contributed by atoms with E-state index in [9.17, 15) is 5.11 Å². The van der Waals surface area contributed by atoms with Gasteiger partial charge in [0.05, 0.1) is 6.10 Å². The summed E-state index contributed by atoms with van der Waals surface area (Å²) in [5, 5.41) is 13.2. The topological polar surface area (TPSA) is 32.3 Å². The molecule has 0 aromatic heterocycles. The van der Waals surface area contributed by atoms with Crippen molar-refractivity contribution < 1.29 is 5.11 Å². The van der Waals surface area contributed by atoms with Gasteiger partial charge in [0.25, 0.3) is 0 Å². The van der Waals surface area contributed by atoms with Crippen molar-refractivity contribution in [3.8, 4) is 0 Å². The van der Waals surface area contributed by atoms with Crippen LogP contribution in [0.1, 0.15) is 49.3 Å². The molecule has 1 fully saturated rings. The van der Waals surface area contributed by atoms with Crippen molar-refractivity contribution in [3.05, 3.63) is 35.4 Å². The number of aliphatic hydroxyl groups is 1. The summed E-state index contributed by atoms with van der Waals surface area (Å²) in [5.74, 6) is 0.796. The summed E-state index contributed by atoms with van der Waals surface area (Å²) < 4.78 is 0. The number of hydrogen-bond acceptors (Lipinski definition) is 2. The van der Waals surface area contributed by atoms with Gasteiger partial charge in [0.2, 0.25) is 0 Å². The van der Waals surface area contributed by atoms with Crippen molar-refractivity contribution in [1.29, 1.82) is 0 Å². The predicted octanol–water partition coefficient (Wildman–Crippen LogP) is 2.60. The molecule has 0 saturated heterocycles. The maximum atomic E-state index is 9.93. The van der Waals surface area contributed by atoms with Gasteiger partial charge in [0, 0.05) is 6.54 Å². The molecule has 2 nitrogen and oxygen atoms in total. The first-order valence-electron chi connectivity index (χ1n) is 6.30. The average molecular weight is 219 g/mol. The average Bonchev–Trinajstić information content (AvgIpc) is 3.13. The van der Waals surface area contributed by atoms with Crippen molar-refractivity contribution in [1.82, 2.24) is 5.32 Å². The highest BCUT2D eigenvalue weighted by Gasteiger charge is 2.23. The lowest BCUT2D eigenvalue weighted by Crippen LogP contribution is -2.22. The summed E-state index contributed by atoms with van der Waals surface area (Å²) in [6, 6.07) is 8.45. The first kappa shape index (κ1) is 11.6. The van der Waals surface area contributed by atoms with Crippen molar-refractivity contribution in [2.24, 2.45) is 0 Å². The van der Waals surface area contributed by atoms with Crippen molar-refractivity contribution >= 4 is 0 Å². The van der Waals surface area contributed by atoms with E-state index in [4.69, 9.17) is 0 Å². The Morgan fingerprint density at radius 2 is 2.00 bits per heavy atom. The third-order valence-corrected chi connectivity index (χ3v) is 3.13. The van der Waals surface area contributed by atoms with Crippen LogP contribution in [0.3, 0.4) is 0 Å². The molecular weight excluding hydrogens is 198 g/mol. The molecule has 1 unspecified atom stereocenters. The fraction of sp³-hybridized carbons (Fsp3) is 0.571. The van der Waals surface area contributed by atoms with E-state index in [1.807, 2.05) is 0 Å². The van der Waals surface area contributed by atoms with E-state index >= 15 is 0 Å². The van der Waals surface area contributed by atoms with Crippen LogP contribution in [0.15, 0.2) is 24.3 Å². The molecule has 88 valence electrons. The Kier molecular flexibility index (Phi) is 3.97. The summed E-state index contributed by atoms with van der Waals surface area (Å²) >= 11 is 0. The molecule has 1 aromatic rings. The van der Waals surface area contributed by atoms with Gasteiger partial charge in [0.15, 0.2) is 0 Å². The Balaban J connectivity index is 1.87. The second kappa shape index (κ2) is 5.46. The van der Waals surface area contributed by atoms with Crippen LogP contribution < -0.4 is 5.32 Å². The zero-order valence-corrected chi connectivity index (χ0v) is 9.95. The molecule has 2 rings (SSSR count). The van der Waals surface area contributed by atoms with E-state index in [0.717, 1.165) is 24.4 Å². The minimum Gasteiger partial charge on any atom is -0.387 e. The van der Waals surface area contributed by atoms with Gasteiger partial charge in [-0.05, 0) is 42.9 Å². The van der Waals surface area contributed by atoms with Crippen molar-refractivity contribution in [2.45, 2.75) is 38.2 Å². The molecule has 1 aliphatic rings. The first-order chi connectivity index (χ1) is 7.81. The van der Waals surface area contributed by atoms with Gasteiger partial charge in [-0.25, -0.2) is 0 Å². The van der Waals surface area contributed by atoms with Gasteiger partial charge in [-0.2, -0.15) is 0 Å². The van der Waals surface area contributed by atoms with E-state index < -0.39 is 0 Å². The van der Waals surface area contributed by atoms with Crippen LogP contribution in [-0.4, -0.2) is 18.2 Å². The molecule has 2 N–H and O–H groups in total. The van der Waals surface area contributed by atoms with Crippen LogP contribution >= 0.6 is 0 Å². The number of nitrogens with one attached hydrogen (secondary N) is 1. The lowest BCUT2D eigenvalue weighted by atomic mass is 10.0. The van der Waals surface area contributed by atoms with Crippen LogP contribution in [0, 0.1) is 0 Å². The second-order valence-electron chi connectivity index (χ2n) is 4.66. The van der Waals surface area contributed by atoms with E-state index in [1.165, 1.54) is 18.4 Å². The highest BCUT2D eigenvalue weighted by Crippen LogP contribution is 2.40. The summed E-state index contributed by atoms with van der Waals surface area (Å²) in [6.45, 7) is 3.75. The van der Waals surface area contributed by atoms with Gasteiger partial charge in [-0.1, -0.05) is 31.2 Å². The Bertz CT molecular complexity index is 316.